The Hall–Kier alpha value is -2.21. The summed E-state index contributed by atoms with van der Waals surface area (Å²) in [6.45, 7) is 1.44. The molecule has 0 saturated heterocycles. The second-order valence-electron chi connectivity index (χ2n) is 4.92. The smallest absolute Gasteiger partial charge is 0.339 e. The molecular weight excluding hydrogens is 365 g/mol. The first-order valence-corrected chi connectivity index (χ1v) is 7.70. The van der Waals surface area contributed by atoms with E-state index >= 15 is 0 Å². The molecule has 0 aliphatic rings. The van der Waals surface area contributed by atoms with E-state index < -0.39 is 18.5 Å². The van der Waals surface area contributed by atoms with Crippen molar-refractivity contribution in [2.24, 2.45) is 0 Å². The zero-order valence-electron chi connectivity index (χ0n) is 12.4. The fourth-order valence-electron chi connectivity index (χ4n) is 1.83. The Kier molecular flexibility index (Phi) is 5.87. The van der Waals surface area contributed by atoms with Gasteiger partial charge in [-0.1, -0.05) is 24.3 Å². The number of hydrogen-bond donors (Lipinski definition) is 1. The first kappa shape index (κ1) is 17.1. The molecule has 23 heavy (non-hydrogen) atoms. The number of amides is 1. The highest BCUT2D eigenvalue weighted by molar-refractivity contribution is 9.10. The van der Waals surface area contributed by atoms with Crippen LogP contribution in [0.1, 0.15) is 21.5 Å². The Balaban J connectivity index is 1.82. The lowest BCUT2D eigenvalue weighted by Crippen LogP contribution is -2.28. The quantitative estimate of drug-likeness (QED) is 0.810. The van der Waals surface area contributed by atoms with Gasteiger partial charge in [-0.05, 0) is 52.2 Å². The summed E-state index contributed by atoms with van der Waals surface area (Å²) in [6.07, 6.45) is 0. The van der Waals surface area contributed by atoms with E-state index in [1.807, 2.05) is 0 Å². The Morgan fingerprint density at radius 3 is 2.65 bits per heavy atom. The van der Waals surface area contributed by atoms with Crippen LogP contribution in [0.5, 0.6) is 0 Å². The normalized spacial score (nSPS) is 10.2. The van der Waals surface area contributed by atoms with Crippen molar-refractivity contribution in [1.29, 1.82) is 0 Å². The molecule has 0 heterocycles. The maximum Gasteiger partial charge on any atom is 0.339 e. The van der Waals surface area contributed by atoms with Gasteiger partial charge in [0.15, 0.2) is 6.61 Å². The molecule has 0 bridgehead atoms. The lowest BCUT2D eigenvalue weighted by Gasteiger charge is -2.08. The van der Waals surface area contributed by atoms with Gasteiger partial charge in [0, 0.05) is 11.0 Å². The maximum atomic E-state index is 13.4. The van der Waals surface area contributed by atoms with Crippen molar-refractivity contribution in [3.8, 4) is 0 Å². The fraction of sp³-hybridized carbons (Fsp3) is 0.176. The van der Waals surface area contributed by atoms with Crippen molar-refractivity contribution >= 4 is 27.8 Å². The molecule has 2 aromatic carbocycles. The molecule has 0 saturated carbocycles. The number of ether oxygens (including phenoxy) is 1. The van der Waals surface area contributed by atoms with Gasteiger partial charge in [-0.15, -0.1) is 0 Å². The van der Waals surface area contributed by atoms with Gasteiger partial charge >= 0.3 is 5.97 Å². The predicted molar refractivity (Wildman–Crippen MR) is 87.4 cm³/mol. The molecule has 1 N–H and O–H groups in total. The van der Waals surface area contributed by atoms with Crippen molar-refractivity contribution in [2.45, 2.75) is 13.5 Å². The second kappa shape index (κ2) is 7.87. The maximum absolute atomic E-state index is 13.4. The van der Waals surface area contributed by atoms with Crippen LogP contribution in [0.3, 0.4) is 0 Å². The molecule has 4 nitrogen and oxygen atoms in total. The van der Waals surface area contributed by atoms with Crippen LogP contribution >= 0.6 is 15.9 Å². The SMILES string of the molecule is Cc1ccc(CNC(=O)COC(=O)c2ccccc2Br)cc1F. The molecule has 0 atom stereocenters. The van der Waals surface area contributed by atoms with E-state index in [9.17, 15) is 14.0 Å². The number of benzene rings is 2. The van der Waals surface area contributed by atoms with Crippen LogP contribution in [0.15, 0.2) is 46.9 Å². The Morgan fingerprint density at radius 1 is 1.22 bits per heavy atom. The molecular formula is C17H15BrFNO3. The molecule has 0 unspecified atom stereocenters. The van der Waals surface area contributed by atoms with Crippen LogP contribution < -0.4 is 5.32 Å². The van der Waals surface area contributed by atoms with E-state index in [1.165, 1.54) is 6.07 Å². The van der Waals surface area contributed by atoms with Crippen LogP contribution in [0.2, 0.25) is 0 Å². The standard InChI is InChI=1S/C17H15BrFNO3/c1-11-6-7-12(8-15(11)19)9-20-16(21)10-23-17(22)13-4-2-3-5-14(13)18/h2-8H,9-10H2,1H3,(H,20,21). The van der Waals surface area contributed by atoms with Crippen LogP contribution in [0.4, 0.5) is 4.39 Å². The topological polar surface area (TPSA) is 55.4 Å². The van der Waals surface area contributed by atoms with E-state index in [-0.39, 0.29) is 12.4 Å². The van der Waals surface area contributed by atoms with Crippen molar-refractivity contribution in [3.05, 3.63) is 69.4 Å². The molecule has 0 aromatic heterocycles. The molecule has 120 valence electrons. The highest BCUT2D eigenvalue weighted by Crippen LogP contribution is 2.16. The van der Waals surface area contributed by atoms with Crippen LogP contribution in [-0.4, -0.2) is 18.5 Å². The Morgan fingerprint density at radius 2 is 1.96 bits per heavy atom. The summed E-state index contributed by atoms with van der Waals surface area (Å²) >= 11 is 3.24. The van der Waals surface area contributed by atoms with Crippen molar-refractivity contribution in [3.63, 3.8) is 0 Å². The van der Waals surface area contributed by atoms with Gasteiger partial charge in [-0.25, -0.2) is 9.18 Å². The number of rotatable bonds is 5. The number of halogens is 2. The van der Waals surface area contributed by atoms with Gasteiger partial charge in [0.05, 0.1) is 5.56 Å². The Labute approximate surface area is 141 Å². The number of carbonyl (C=O) groups excluding carboxylic acids is 2. The molecule has 6 heteroatoms. The minimum Gasteiger partial charge on any atom is -0.452 e. The number of hydrogen-bond acceptors (Lipinski definition) is 3. The highest BCUT2D eigenvalue weighted by Gasteiger charge is 2.12. The summed E-state index contributed by atoms with van der Waals surface area (Å²) in [7, 11) is 0. The molecule has 0 aliphatic heterocycles. The van der Waals surface area contributed by atoms with Crippen molar-refractivity contribution in [1.82, 2.24) is 5.32 Å². The molecule has 0 spiro atoms. The summed E-state index contributed by atoms with van der Waals surface area (Å²) in [5.41, 5.74) is 1.53. The predicted octanol–water partition coefficient (Wildman–Crippen LogP) is 3.37. The number of esters is 1. The van der Waals surface area contributed by atoms with Crippen molar-refractivity contribution in [2.75, 3.05) is 6.61 Å². The summed E-state index contributed by atoms with van der Waals surface area (Å²) in [4.78, 5) is 23.5. The lowest BCUT2D eigenvalue weighted by molar-refractivity contribution is -0.124. The second-order valence-corrected chi connectivity index (χ2v) is 5.77. The summed E-state index contributed by atoms with van der Waals surface area (Å²) in [5, 5.41) is 2.57. The number of aryl methyl sites for hydroxylation is 1. The number of carbonyl (C=O) groups is 2. The lowest BCUT2D eigenvalue weighted by atomic mass is 10.1. The molecule has 2 rings (SSSR count). The van der Waals surface area contributed by atoms with Gasteiger partial charge in [0.1, 0.15) is 5.82 Å². The van der Waals surface area contributed by atoms with Crippen LogP contribution in [0, 0.1) is 12.7 Å². The van der Waals surface area contributed by atoms with Crippen LogP contribution in [0.25, 0.3) is 0 Å². The summed E-state index contributed by atoms with van der Waals surface area (Å²) < 4.78 is 18.9. The van der Waals surface area contributed by atoms with E-state index in [4.69, 9.17) is 4.74 Å². The molecule has 0 radical (unpaired) electrons. The minimum absolute atomic E-state index is 0.169. The molecule has 0 aliphatic carbocycles. The first-order valence-electron chi connectivity index (χ1n) is 6.91. The van der Waals surface area contributed by atoms with E-state index in [1.54, 1.807) is 43.3 Å². The zero-order chi connectivity index (χ0) is 16.8. The first-order chi connectivity index (χ1) is 11.0. The molecule has 1 amide bonds. The third-order valence-corrected chi connectivity index (χ3v) is 3.85. The summed E-state index contributed by atoms with van der Waals surface area (Å²) in [5.74, 6) is -1.36. The molecule has 2 aromatic rings. The van der Waals surface area contributed by atoms with Crippen LogP contribution in [-0.2, 0) is 16.1 Å². The van der Waals surface area contributed by atoms with Crippen molar-refractivity contribution < 1.29 is 18.7 Å². The average Bonchev–Trinajstić information content (AvgIpc) is 2.54. The van der Waals surface area contributed by atoms with Gasteiger partial charge < -0.3 is 10.1 Å². The highest BCUT2D eigenvalue weighted by atomic mass is 79.9. The van der Waals surface area contributed by atoms with Gasteiger partial charge in [0.2, 0.25) is 0 Å². The minimum atomic E-state index is -0.589. The molecule has 0 fully saturated rings. The zero-order valence-corrected chi connectivity index (χ0v) is 14.0. The largest absolute Gasteiger partial charge is 0.452 e. The third-order valence-electron chi connectivity index (χ3n) is 3.15. The van der Waals surface area contributed by atoms with E-state index in [0.29, 0.717) is 21.2 Å². The van der Waals surface area contributed by atoms with Gasteiger partial charge in [-0.2, -0.15) is 0 Å². The number of nitrogens with one attached hydrogen (secondary N) is 1. The van der Waals surface area contributed by atoms with E-state index in [2.05, 4.69) is 21.2 Å². The third kappa shape index (κ3) is 4.89. The summed E-state index contributed by atoms with van der Waals surface area (Å²) in [6, 6.07) is 11.5. The fourth-order valence-corrected chi connectivity index (χ4v) is 2.28. The monoisotopic (exact) mass is 379 g/mol. The Bertz CT molecular complexity index is 734. The van der Waals surface area contributed by atoms with E-state index in [0.717, 1.165) is 0 Å². The van der Waals surface area contributed by atoms with Gasteiger partial charge in [-0.3, -0.25) is 4.79 Å². The van der Waals surface area contributed by atoms with Gasteiger partial charge in [0.25, 0.3) is 5.91 Å². The average molecular weight is 380 g/mol.